The van der Waals surface area contributed by atoms with Crippen LogP contribution in [-0.4, -0.2) is 21.6 Å². The summed E-state index contributed by atoms with van der Waals surface area (Å²) in [5.41, 5.74) is 2.17. The molecule has 0 saturated carbocycles. The average Bonchev–Trinajstić information content (AvgIpc) is 2.72. The van der Waals surface area contributed by atoms with Crippen LogP contribution in [0.1, 0.15) is 18.1 Å². The summed E-state index contributed by atoms with van der Waals surface area (Å²) in [7, 11) is 0. The summed E-state index contributed by atoms with van der Waals surface area (Å²) in [6.07, 6.45) is 3.47. The van der Waals surface area contributed by atoms with Crippen molar-refractivity contribution in [2.75, 3.05) is 11.9 Å². The predicted molar refractivity (Wildman–Crippen MR) is 119 cm³/mol. The van der Waals surface area contributed by atoms with Crippen molar-refractivity contribution in [1.29, 1.82) is 0 Å². The van der Waals surface area contributed by atoms with Gasteiger partial charge in [-0.25, -0.2) is 4.39 Å². The first kappa shape index (κ1) is 21.0. The molecule has 0 fully saturated rings. The number of nitrogens with zero attached hydrogens (tertiary/aromatic N) is 2. The Labute approximate surface area is 180 Å². The Morgan fingerprint density at radius 1 is 1.14 bits per heavy atom. The fourth-order valence-electron chi connectivity index (χ4n) is 2.79. The summed E-state index contributed by atoms with van der Waals surface area (Å²) < 4.78 is 19.8. The number of anilines is 1. The van der Waals surface area contributed by atoms with E-state index in [1.165, 1.54) is 6.07 Å². The maximum absolute atomic E-state index is 14.4. The van der Waals surface area contributed by atoms with Crippen LogP contribution in [0.25, 0.3) is 0 Å². The second-order valence-electron chi connectivity index (χ2n) is 6.31. The molecule has 3 aromatic rings. The van der Waals surface area contributed by atoms with Gasteiger partial charge in [0.25, 0.3) is 0 Å². The molecule has 29 heavy (non-hydrogen) atoms. The van der Waals surface area contributed by atoms with Crippen LogP contribution in [0.3, 0.4) is 0 Å². The third-order valence-corrected chi connectivity index (χ3v) is 4.93. The maximum Gasteiger partial charge on any atom is 0.174 e. The standard InChI is InChI=1S/C22H21ClFN3OS/c1-2-28-18-10-8-17(9-11-18)26-22(29)27(14-16-5-4-12-25-13-16)15-19-20(23)6-3-7-21(19)24/h3-13H,2,14-15H2,1H3,(H,26,29). The van der Waals surface area contributed by atoms with Gasteiger partial charge in [-0.05, 0) is 67.2 Å². The van der Waals surface area contributed by atoms with Crippen molar-refractivity contribution in [3.63, 3.8) is 0 Å². The number of nitrogens with one attached hydrogen (secondary N) is 1. The maximum atomic E-state index is 14.4. The van der Waals surface area contributed by atoms with Gasteiger partial charge < -0.3 is 15.0 Å². The molecule has 0 spiro atoms. The summed E-state index contributed by atoms with van der Waals surface area (Å²) in [4.78, 5) is 6.00. The highest BCUT2D eigenvalue weighted by Crippen LogP contribution is 2.23. The minimum absolute atomic E-state index is 0.225. The second kappa shape index (κ2) is 10.2. The van der Waals surface area contributed by atoms with E-state index in [9.17, 15) is 4.39 Å². The third kappa shape index (κ3) is 5.89. The molecule has 1 heterocycles. The molecule has 2 aromatic carbocycles. The quantitative estimate of drug-likeness (QED) is 0.489. The Bertz CT molecular complexity index is 934. The number of halogens is 2. The lowest BCUT2D eigenvalue weighted by Gasteiger charge is -2.26. The van der Waals surface area contributed by atoms with Gasteiger partial charge in [0.2, 0.25) is 0 Å². The van der Waals surface area contributed by atoms with E-state index >= 15 is 0 Å². The largest absolute Gasteiger partial charge is 0.494 e. The highest BCUT2D eigenvalue weighted by molar-refractivity contribution is 7.80. The molecule has 7 heteroatoms. The van der Waals surface area contributed by atoms with Crippen molar-refractivity contribution in [2.45, 2.75) is 20.0 Å². The molecule has 150 valence electrons. The van der Waals surface area contributed by atoms with E-state index in [1.807, 2.05) is 48.2 Å². The molecule has 1 N–H and O–H groups in total. The number of pyridine rings is 1. The van der Waals surface area contributed by atoms with Crippen LogP contribution in [0, 0.1) is 5.82 Å². The lowest BCUT2D eigenvalue weighted by Crippen LogP contribution is -2.34. The Morgan fingerprint density at radius 3 is 2.59 bits per heavy atom. The average molecular weight is 430 g/mol. The monoisotopic (exact) mass is 429 g/mol. The van der Waals surface area contributed by atoms with E-state index in [0.717, 1.165) is 17.0 Å². The number of aromatic nitrogens is 1. The normalized spacial score (nSPS) is 10.4. The van der Waals surface area contributed by atoms with Crippen molar-refractivity contribution in [2.24, 2.45) is 0 Å². The van der Waals surface area contributed by atoms with Gasteiger partial charge in [-0.1, -0.05) is 23.7 Å². The molecule has 0 amide bonds. The summed E-state index contributed by atoms with van der Waals surface area (Å²) in [6, 6.07) is 16.0. The number of rotatable bonds is 7. The summed E-state index contributed by atoms with van der Waals surface area (Å²) in [5.74, 6) is 0.423. The van der Waals surface area contributed by atoms with E-state index in [4.69, 9.17) is 28.6 Å². The number of hydrogen-bond donors (Lipinski definition) is 1. The molecule has 0 aliphatic carbocycles. The first-order chi connectivity index (χ1) is 14.1. The van der Waals surface area contributed by atoms with Crippen molar-refractivity contribution >= 4 is 34.6 Å². The number of benzene rings is 2. The molecular weight excluding hydrogens is 409 g/mol. The number of hydrogen-bond acceptors (Lipinski definition) is 3. The Balaban J connectivity index is 1.80. The van der Waals surface area contributed by atoms with Crippen molar-refractivity contribution in [3.05, 3.63) is 89.0 Å². The highest BCUT2D eigenvalue weighted by Gasteiger charge is 2.16. The van der Waals surface area contributed by atoms with Crippen molar-refractivity contribution in [3.8, 4) is 5.75 Å². The van der Waals surface area contributed by atoms with E-state index in [1.54, 1.807) is 24.5 Å². The lowest BCUT2D eigenvalue weighted by molar-refractivity contribution is 0.340. The lowest BCUT2D eigenvalue weighted by atomic mass is 10.2. The van der Waals surface area contributed by atoms with Gasteiger partial charge in [0.15, 0.2) is 5.11 Å². The molecule has 0 aliphatic rings. The SMILES string of the molecule is CCOc1ccc(NC(=S)N(Cc2cccnc2)Cc2c(F)cccc2Cl)cc1. The van der Waals surface area contributed by atoms with Gasteiger partial charge in [-0.2, -0.15) is 0 Å². The van der Waals surface area contributed by atoms with Crippen LogP contribution in [0.2, 0.25) is 5.02 Å². The van der Waals surface area contributed by atoms with Gasteiger partial charge in [0, 0.05) is 41.8 Å². The van der Waals surface area contributed by atoms with Crippen molar-refractivity contribution < 1.29 is 9.13 Å². The topological polar surface area (TPSA) is 37.4 Å². The molecule has 3 rings (SSSR count). The highest BCUT2D eigenvalue weighted by atomic mass is 35.5. The number of ether oxygens (including phenoxy) is 1. The first-order valence-corrected chi connectivity index (χ1v) is 9.96. The van der Waals surface area contributed by atoms with Crippen molar-refractivity contribution in [1.82, 2.24) is 9.88 Å². The van der Waals surface area contributed by atoms with Crippen LogP contribution < -0.4 is 10.1 Å². The molecule has 0 aliphatic heterocycles. The van der Waals surface area contributed by atoms with Crippen LogP contribution >= 0.6 is 23.8 Å². The van der Waals surface area contributed by atoms with E-state index in [2.05, 4.69) is 10.3 Å². The minimum atomic E-state index is -0.363. The second-order valence-corrected chi connectivity index (χ2v) is 7.10. The molecular formula is C22H21ClFN3OS. The zero-order chi connectivity index (χ0) is 20.6. The van der Waals surface area contributed by atoms with Crippen LogP contribution in [0.4, 0.5) is 10.1 Å². The van der Waals surface area contributed by atoms with Gasteiger partial charge in [0.05, 0.1) is 6.61 Å². The molecule has 4 nitrogen and oxygen atoms in total. The smallest absolute Gasteiger partial charge is 0.174 e. The summed E-state index contributed by atoms with van der Waals surface area (Å²) in [6.45, 7) is 3.23. The van der Waals surface area contributed by atoms with E-state index in [0.29, 0.717) is 28.9 Å². The Kier molecular flexibility index (Phi) is 7.38. The minimum Gasteiger partial charge on any atom is -0.494 e. The molecule has 1 aromatic heterocycles. The van der Waals surface area contributed by atoms with Gasteiger partial charge in [-0.3, -0.25) is 4.98 Å². The molecule has 0 saturated heterocycles. The van der Waals surface area contributed by atoms with Gasteiger partial charge in [0.1, 0.15) is 11.6 Å². The molecule has 0 radical (unpaired) electrons. The Morgan fingerprint density at radius 2 is 1.93 bits per heavy atom. The number of thiocarbonyl (C=S) groups is 1. The molecule has 0 bridgehead atoms. The van der Waals surface area contributed by atoms with E-state index < -0.39 is 0 Å². The fourth-order valence-corrected chi connectivity index (χ4v) is 3.26. The summed E-state index contributed by atoms with van der Waals surface area (Å²) >= 11 is 11.9. The van der Waals surface area contributed by atoms with Gasteiger partial charge >= 0.3 is 0 Å². The predicted octanol–water partition coefficient (Wildman–Crippen LogP) is 5.67. The van der Waals surface area contributed by atoms with Gasteiger partial charge in [-0.15, -0.1) is 0 Å². The first-order valence-electron chi connectivity index (χ1n) is 9.17. The fraction of sp³-hybridized carbons (Fsp3) is 0.182. The van der Waals surface area contributed by atoms with Crippen LogP contribution in [0.5, 0.6) is 5.75 Å². The zero-order valence-electron chi connectivity index (χ0n) is 15.9. The molecule has 0 unspecified atom stereocenters. The Hall–Kier alpha value is -2.70. The van der Waals surface area contributed by atoms with Crippen LogP contribution in [0.15, 0.2) is 67.0 Å². The molecule has 0 atom stereocenters. The van der Waals surface area contributed by atoms with Crippen LogP contribution in [-0.2, 0) is 13.1 Å². The third-order valence-electron chi connectivity index (χ3n) is 4.21. The summed E-state index contributed by atoms with van der Waals surface area (Å²) in [5, 5.41) is 4.03. The zero-order valence-corrected chi connectivity index (χ0v) is 17.5. The van der Waals surface area contributed by atoms with E-state index in [-0.39, 0.29) is 12.4 Å².